The van der Waals surface area contributed by atoms with Gasteiger partial charge in [-0.2, -0.15) is 0 Å². The minimum absolute atomic E-state index is 0.102. The van der Waals surface area contributed by atoms with Gasteiger partial charge in [-0.05, 0) is 38.0 Å². The fraction of sp³-hybridized carbons (Fsp3) is 0.533. The zero-order valence-electron chi connectivity index (χ0n) is 11.8. The molecule has 2 aliphatic heterocycles. The highest BCUT2D eigenvalue weighted by molar-refractivity contribution is 7.99. The molecule has 0 aromatic heterocycles. The first-order valence-electron chi connectivity index (χ1n) is 7.24. The van der Waals surface area contributed by atoms with Crippen molar-refractivity contribution in [1.82, 2.24) is 4.90 Å². The van der Waals surface area contributed by atoms with Crippen molar-refractivity contribution >= 4 is 29.0 Å². The van der Waals surface area contributed by atoms with E-state index in [9.17, 15) is 4.79 Å². The van der Waals surface area contributed by atoms with Gasteiger partial charge in [0.1, 0.15) is 6.04 Å². The molecule has 5 heteroatoms. The van der Waals surface area contributed by atoms with Gasteiger partial charge in [-0.25, -0.2) is 0 Å². The third-order valence-corrected chi connectivity index (χ3v) is 5.17. The number of nitrogen functional groups attached to an aromatic ring is 1. The predicted molar refractivity (Wildman–Crippen MR) is 84.2 cm³/mol. The Morgan fingerprint density at radius 3 is 2.80 bits per heavy atom. The van der Waals surface area contributed by atoms with Crippen molar-refractivity contribution in [1.29, 1.82) is 0 Å². The average molecular weight is 291 g/mol. The minimum atomic E-state index is -0.102. The van der Waals surface area contributed by atoms with E-state index in [2.05, 4.69) is 11.0 Å². The van der Waals surface area contributed by atoms with Crippen molar-refractivity contribution in [3.05, 3.63) is 18.2 Å². The van der Waals surface area contributed by atoms with Crippen LogP contribution in [0.4, 0.5) is 11.4 Å². The van der Waals surface area contributed by atoms with Crippen LogP contribution >= 0.6 is 11.8 Å². The maximum absolute atomic E-state index is 12.6. The van der Waals surface area contributed by atoms with E-state index in [1.165, 1.54) is 4.90 Å². The number of nitrogens with zero attached hydrogens (tertiary/aromatic N) is 2. The monoisotopic (exact) mass is 291 g/mol. The van der Waals surface area contributed by atoms with E-state index < -0.39 is 0 Å². The number of anilines is 2. The number of rotatable bonds is 2. The molecule has 1 amide bonds. The van der Waals surface area contributed by atoms with Crippen LogP contribution in [0.5, 0.6) is 0 Å². The summed E-state index contributed by atoms with van der Waals surface area (Å²) < 4.78 is 0. The first-order chi connectivity index (χ1) is 9.66. The summed E-state index contributed by atoms with van der Waals surface area (Å²) in [6.45, 7) is 4.75. The summed E-state index contributed by atoms with van der Waals surface area (Å²) >= 11 is 1.84. The SMILES string of the molecule is CC(C(=O)N1CCCC1)N1CCSc2ccc(N)cc21. The topological polar surface area (TPSA) is 49.6 Å². The summed E-state index contributed by atoms with van der Waals surface area (Å²) in [6.07, 6.45) is 2.27. The zero-order chi connectivity index (χ0) is 14.1. The molecular weight excluding hydrogens is 270 g/mol. The highest BCUT2D eigenvalue weighted by atomic mass is 32.2. The summed E-state index contributed by atoms with van der Waals surface area (Å²) in [6, 6.07) is 5.89. The van der Waals surface area contributed by atoms with Gasteiger partial charge in [0, 0.05) is 36.0 Å². The van der Waals surface area contributed by atoms with Gasteiger partial charge in [-0.3, -0.25) is 4.79 Å². The molecule has 1 aromatic carbocycles. The van der Waals surface area contributed by atoms with Crippen LogP contribution in [0, 0.1) is 0 Å². The summed E-state index contributed by atoms with van der Waals surface area (Å²) in [4.78, 5) is 18.0. The lowest BCUT2D eigenvalue weighted by Gasteiger charge is -2.36. The van der Waals surface area contributed by atoms with Gasteiger partial charge in [0.25, 0.3) is 0 Å². The molecule has 1 unspecified atom stereocenters. The Kier molecular flexibility index (Phi) is 3.78. The predicted octanol–water partition coefficient (Wildman–Crippen LogP) is 2.19. The number of hydrogen-bond acceptors (Lipinski definition) is 4. The van der Waals surface area contributed by atoms with Crippen molar-refractivity contribution in [2.24, 2.45) is 0 Å². The summed E-state index contributed by atoms with van der Waals surface area (Å²) in [5, 5.41) is 0. The third-order valence-electron chi connectivity index (χ3n) is 4.12. The average Bonchev–Trinajstić information content (AvgIpc) is 2.99. The second-order valence-electron chi connectivity index (χ2n) is 5.48. The zero-order valence-corrected chi connectivity index (χ0v) is 12.7. The van der Waals surface area contributed by atoms with Crippen LogP contribution in [-0.4, -0.2) is 42.2 Å². The molecule has 2 aliphatic rings. The molecule has 2 N–H and O–H groups in total. The minimum Gasteiger partial charge on any atom is -0.399 e. The Morgan fingerprint density at radius 2 is 2.05 bits per heavy atom. The Hall–Kier alpha value is -1.36. The molecule has 0 bridgehead atoms. The van der Waals surface area contributed by atoms with E-state index in [1.807, 2.05) is 35.7 Å². The van der Waals surface area contributed by atoms with Crippen LogP contribution in [0.15, 0.2) is 23.1 Å². The van der Waals surface area contributed by atoms with E-state index in [0.29, 0.717) is 0 Å². The number of likely N-dealkylation sites (tertiary alicyclic amines) is 1. The van der Waals surface area contributed by atoms with Gasteiger partial charge < -0.3 is 15.5 Å². The second kappa shape index (κ2) is 5.56. The van der Waals surface area contributed by atoms with Crippen molar-refractivity contribution in [3.63, 3.8) is 0 Å². The molecule has 108 valence electrons. The summed E-state index contributed by atoms with van der Waals surface area (Å²) in [5.74, 6) is 1.27. The van der Waals surface area contributed by atoms with E-state index in [1.54, 1.807) is 0 Å². The number of fused-ring (bicyclic) bond motifs is 1. The normalized spacial score (nSPS) is 19.9. The first-order valence-corrected chi connectivity index (χ1v) is 8.23. The molecule has 4 nitrogen and oxygen atoms in total. The highest BCUT2D eigenvalue weighted by Crippen LogP contribution is 2.37. The van der Waals surface area contributed by atoms with E-state index in [-0.39, 0.29) is 11.9 Å². The number of carbonyl (C=O) groups excluding carboxylic acids is 1. The Bertz CT molecular complexity index is 514. The smallest absolute Gasteiger partial charge is 0.244 e. The van der Waals surface area contributed by atoms with Crippen molar-refractivity contribution in [2.45, 2.75) is 30.7 Å². The molecule has 0 aliphatic carbocycles. The Balaban J connectivity index is 1.84. The number of hydrogen-bond donors (Lipinski definition) is 1. The lowest BCUT2D eigenvalue weighted by Crippen LogP contribution is -2.48. The molecule has 0 spiro atoms. The molecule has 2 heterocycles. The summed E-state index contributed by atoms with van der Waals surface area (Å²) in [5.41, 5.74) is 7.78. The van der Waals surface area contributed by atoms with Crippen molar-refractivity contribution in [3.8, 4) is 0 Å². The van der Waals surface area contributed by atoms with Crippen LogP contribution in [0.2, 0.25) is 0 Å². The number of benzene rings is 1. The van der Waals surface area contributed by atoms with Gasteiger partial charge in [0.05, 0.1) is 5.69 Å². The van der Waals surface area contributed by atoms with Crippen LogP contribution < -0.4 is 10.6 Å². The molecule has 1 saturated heterocycles. The molecule has 1 fully saturated rings. The van der Waals surface area contributed by atoms with Gasteiger partial charge in [-0.15, -0.1) is 11.8 Å². The third kappa shape index (κ3) is 2.46. The number of amides is 1. The highest BCUT2D eigenvalue weighted by Gasteiger charge is 2.30. The number of carbonyl (C=O) groups is 1. The molecule has 1 aromatic rings. The molecular formula is C15H21N3OS. The maximum Gasteiger partial charge on any atom is 0.244 e. The van der Waals surface area contributed by atoms with E-state index in [4.69, 9.17) is 5.73 Å². The van der Waals surface area contributed by atoms with Crippen LogP contribution in [-0.2, 0) is 4.79 Å². The van der Waals surface area contributed by atoms with E-state index >= 15 is 0 Å². The molecule has 20 heavy (non-hydrogen) atoms. The van der Waals surface area contributed by atoms with Crippen LogP contribution in [0.25, 0.3) is 0 Å². The lowest BCUT2D eigenvalue weighted by molar-refractivity contribution is -0.131. The maximum atomic E-state index is 12.6. The Morgan fingerprint density at radius 1 is 1.30 bits per heavy atom. The van der Waals surface area contributed by atoms with Gasteiger partial charge in [-0.1, -0.05) is 0 Å². The lowest BCUT2D eigenvalue weighted by atomic mass is 10.2. The van der Waals surface area contributed by atoms with Gasteiger partial charge >= 0.3 is 0 Å². The van der Waals surface area contributed by atoms with Gasteiger partial charge in [0.2, 0.25) is 5.91 Å². The largest absolute Gasteiger partial charge is 0.399 e. The standard InChI is InChI=1S/C15H21N3OS/c1-11(15(19)17-6-2-3-7-17)18-8-9-20-14-5-4-12(16)10-13(14)18/h4-5,10-11H,2-3,6-9,16H2,1H3. The fourth-order valence-corrected chi connectivity index (χ4v) is 3.99. The molecule has 1 atom stereocenters. The quantitative estimate of drug-likeness (QED) is 0.849. The van der Waals surface area contributed by atoms with Crippen molar-refractivity contribution in [2.75, 3.05) is 36.0 Å². The first kappa shape index (κ1) is 13.6. The molecule has 0 radical (unpaired) electrons. The fourth-order valence-electron chi connectivity index (χ4n) is 2.99. The molecule has 0 saturated carbocycles. The Labute approximate surface area is 124 Å². The van der Waals surface area contributed by atoms with Crippen molar-refractivity contribution < 1.29 is 4.79 Å². The number of thioether (sulfide) groups is 1. The number of nitrogens with two attached hydrogens (primary N) is 1. The van der Waals surface area contributed by atoms with E-state index in [0.717, 1.165) is 49.6 Å². The second-order valence-corrected chi connectivity index (χ2v) is 6.61. The van der Waals surface area contributed by atoms with Crippen LogP contribution in [0.1, 0.15) is 19.8 Å². The van der Waals surface area contributed by atoms with Gasteiger partial charge in [0.15, 0.2) is 0 Å². The molecule has 3 rings (SSSR count). The summed E-state index contributed by atoms with van der Waals surface area (Å²) in [7, 11) is 0. The van der Waals surface area contributed by atoms with Crippen LogP contribution in [0.3, 0.4) is 0 Å².